The maximum Gasteiger partial charge on any atom is 0.144 e. The van der Waals surface area contributed by atoms with Crippen molar-refractivity contribution in [2.75, 3.05) is 0 Å². The predicted octanol–water partition coefficient (Wildman–Crippen LogP) is 10.0. The Morgan fingerprint density at radius 2 is 1.38 bits per heavy atom. The first-order valence-corrected chi connectivity index (χ1v) is 12.7. The summed E-state index contributed by atoms with van der Waals surface area (Å²) in [5.74, 6) is 0. The van der Waals surface area contributed by atoms with E-state index < -0.39 is 0 Å². The maximum atomic E-state index is 6.70. The standard InChI is InChI=1S/C35H23NO/c1-2-10-22-17-19-29-28(21-22)32-33-31-25-14-7-6-11-23(25)18-20-30(31)37-35(33)27-16-9-8-15-26(27)34(32)36(29)24-12-4-3-5-13-24/h2-21H,1H3/b10-2+. The Morgan fingerprint density at radius 3 is 2.22 bits per heavy atom. The number of aromatic nitrogens is 1. The number of allylic oxidation sites excluding steroid dienone is 1. The van der Waals surface area contributed by atoms with Gasteiger partial charge in [0.1, 0.15) is 11.2 Å². The largest absolute Gasteiger partial charge is 0.455 e. The van der Waals surface area contributed by atoms with E-state index in [1.807, 2.05) is 0 Å². The van der Waals surface area contributed by atoms with Gasteiger partial charge < -0.3 is 8.98 Å². The van der Waals surface area contributed by atoms with Crippen LogP contribution in [0.3, 0.4) is 0 Å². The van der Waals surface area contributed by atoms with Crippen LogP contribution in [0, 0.1) is 0 Å². The van der Waals surface area contributed by atoms with Gasteiger partial charge >= 0.3 is 0 Å². The molecule has 0 aliphatic carbocycles. The second-order valence-corrected chi connectivity index (χ2v) is 9.68. The summed E-state index contributed by atoms with van der Waals surface area (Å²) < 4.78 is 9.13. The molecule has 0 fully saturated rings. The predicted molar refractivity (Wildman–Crippen MR) is 158 cm³/mol. The number of furan rings is 1. The SMILES string of the molecule is C/C=C/c1ccc2c(c1)c1c3c(oc4ccc5ccccc5c43)c3ccccc3c1n2-c1ccccc1. The fraction of sp³-hybridized carbons (Fsp3) is 0.0286. The molecule has 0 atom stereocenters. The van der Waals surface area contributed by atoms with Gasteiger partial charge in [0.25, 0.3) is 0 Å². The summed E-state index contributed by atoms with van der Waals surface area (Å²) in [4.78, 5) is 0. The lowest BCUT2D eigenvalue weighted by Gasteiger charge is -2.10. The highest BCUT2D eigenvalue weighted by Crippen LogP contribution is 2.47. The number of hydrogen-bond acceptors (Lipinski definition) is 1. The molecule has 0 unspecified atom stereocenters. The van der Waals surface area contributed by atoms with E-state index in [9.17, 15) is 0 Å². The third-order valence-corrected chi connectivity index (χ3v) is 7.62. The quantitative estimate of drug-likeness (QED) is 0.244. The monoisotopic (exact) mass is 473 g/mol. The molecule has 0 amide bonds. The zero-order chi connectivity index (χ0) is 24.5. The molecule has 0 saturated heterocycles. The molecule has 0 bridgehead atoms. The Labute approximate surface area is 213 Å². The molecule has 0 aliphatic rings. The van der Waals surface area contributed by atoms with E-state index >= 15 is 0 Å². The Kier molecular flexibility index (Phi) is 4.18. The number of fused-ring (bicyclic) bond motifs is 12. The summed E-state index contributed by atoms with van der Waals surface area (Å²) in [5, 5.41) is 9.64. The first kappa shape index (κ1) is 20.4. The second-order valence-electron chi connectivity index (χ2n) is 9.68. The molecule has 2 heterocycles. The normalized spacial score (nSPS) is 12.4. The van der Waals surface area contributed by atoms with Crippen molar-refractivity contribution in [1.82, 2.24) is 4.57 Å². The summed E-state index contributed by atoms with van der Waals surface area (Å²) in [6.45, 7) is 2.07. The fourth-order valence-corrected chi connectivity index (χ4v) is 6.14. The minimum atomic E-state index is 0.927. The molecule has 0 saturated carbocycles. The summed E-state index contributed by atoms with van der Waals surface area (Å²) in [5.41, 5.74) is 6.65. The van der Waals surface area contributed by atoms with Crippen molar-refractivity contribution in [2.45, 2.75) is 6.92 Å². The molecule has 2 aromatic heterocycles. The average molecular weight is 474 g/mol. The molecule has 2 heteroatoms. The summed E-state index contributed by atoms with van der Waals surface area (Å²) in [6.07, 6.45) is 4.27. The highest BCUT2D eigenvalue weighted by atomic mass is 16.3. The van der Waals surface area contributed by atoms with Crippen molar-refractivity contribution in [2.24, 2.45) is 0 Å². The smallest absolute Gasteiger partial charge is 0.144 e. The molecule has 8 rings (SSSR count). The summed E-state index contributed by atoms with van der Waals surface area (Å²) in [6, 6.07) is 39.1. The number of nitrogens with zero attached hydrogens (tertiary/aromatic N) is 1. The molecule has 2 nitrogen and oxygen atoms in total. The van der Waals surface area contributed by atoms with Crippen LogP contribution < -0.4 is 0 Å². The molecular formula is C35H23NO. The minimum Gasteiger partial charge on any atom is -0.455 e. The average Bonchev–Trinajstić information content (AvgIpc) is 3.50. The van der Waals surface area contributed by atoms with E-state index in [0.717, 1.165) is 22.2 Å². The van der Waals surface area contributed by atoms with Crippen LogP contribution in [0.2, 0.25) is 0 Å². The van der Waals surface area contributed by atoms with E-state index in [2.05, 4.69) is 133 Å². The lowest BCUT2D eigenvalue weighted by atomic mass is 9.96. The van der Waals surface area contributed by atoms with Gasteiger partial charge in [-0.1, -0.05) is 91.0 Å². The molecule has 6 aromatic carbocycles. The van der Waals surface area contributed by atoms with Crippen LogP contribution in [0.4, 0.5) is 0 Å². The van der Waals surface area contributed by atoms with Gasteiger partial charge in [-0.25, -0.2) is 0 Å². The molecule has 0 radical (unpaired) electrons. The number of benzene rings is 6. The number of rotatable bonds is 2. The Hall–Kier alpha value is -4.82. The highest BCUT2D eigenvalue weighted by molar-refractivity contribution is 6.38. The highest BCUT2D eigenvalue weighted by Gasteiger charge is 2.23. The van der Waals surface area contributed by atoms with E-state index in [1.165, 1.54) is 54.3 Å². The topological polar surface area (TPSA) is 18.1 Å². The molecule has 0 aliphatic heterocycles. The van der Waals surface area contributed by atoms with Gasteiger partial charge in [0.05, 0.1) is 11.0 Å². The van der Waals surface area contributed by atoms with Gasteiger partial charge in [0.15, 0.2) is 0 Å². The lowest BCUT2D eigenvalue weighted by Crippen LogP contribution is -1.94. The van der Waals surface area contributed by atoms with Crippen molar-refractivity contribution in [3.63, 3.8) is 0 Å². The van der Waals surface area contributed by atoms with Crippen LogP contribution in [-0.2, 0) is 0 Å². The van der Waals surface area contributed by atoms with E-state index in [-0.39, 0.29) is 0 Å². The number of para-hydroxylation sites is 1. The van der Waals surface area contributed by atoms with Crippen LogP contribution in [0.15, 0.2) is 120 Å². The minimum absolute atomic E-state index is 0.927. The van der Waals surface area contributed by atoms with Crippen LogP contribution in [0.5, 0.6) is 0 Å². The van der Waals surface area contributed by atoms with Crippen LogP contribution in [0.1, 0.15) is 12.5 Å². The first-order chi connectivity index (χ1) is 18.3. The van der Waals surface area contributed by atoms with E-state index in [4.69, 9.17) is 4.42 Å². The van der Waals surface area contributed by atoms with Gasteiger partial charge in [0, 0.05) is 38.0 Å². The van der Waals surface area contributed by atoms with E-state index in [1.54, 1.807) is 0 Å². The van der Waals surface area contributed by atoms with E-state index in [0.29, 0.717) is 0 Å². The molecule has 0 N–H and O–H groups in total. The Bertz CT molecular complexity index is 2190. The molecular weight excluding hydrogens is 450 g/mol. The maximum absolute atomic E-state index is 6.70. The van der Waals surface area contributed by atoms with Crippen molar-refractivity contribution in [1.29, 1.82) is 0 Å². The van der Waals surface area contributed by atoms with Crippen molar-refractivity contribution in [3.8, 4) is 5.69 Å². The zero-order valence-electron chi connectivity index (χ0n) is 20.4. The first-order valence-electron chi connectivity index (χ1n) is 12.7. The van der Waals surface area contributed by atoms with Gasteiger partial charge in [-0.3, -0.25) is 0 Å². The third-order valence-electron chi connectivity index (χ3n) is 7.62. The van der Waals surface area contributed by atoms with Gasteiger partial charge in [-0.2, -0.15) is 0 Å². The van der Waals surface area contributed by atoms with Gasteiger partial charge in [-0.15, -0.1) is 0 Å². The third kappa shape index (κ3) is 2.75. The lowest BCUT2D eigenvalue weighted by molar-refractivity contribution is 0.673. The summed E-state index contributed by atoms with van der Waals surface area (Å²) in [7, 11) is 0. The molecule has 8 aromatic rings. The van der Waals surface area contributed by atoms with Crippen molar-refractivity contribution in [3.05, 3.63) is 121 Å². The fourth-order valence-electron chi connectivity index (χ4n) is 6.14. The number of hydrogen-bond donors (Lipinski definition) is 0. The van der Waals surface area contributed by atoms with Gasteiger partial charge in [-0.05, 0) is 53.6 Å². The Morgan fingerprint density at radius 1 is 0.622 bits per heavy atom. The molecule has 37 heavy (non-hydrogen) atoms. The van der Waals surface area contributed by atoms with Crippen molar-refractivity contribution < 1.29 is 4.42 Å². The Balaban J connectivity index is 1.76. The van der Waals surface area contributed by atoms with Gasteiger partial charge in [0.2, 0.25) is 0 Å². The second kappa shape index (κ2) is 7.59. The van der Waals surface area contributed by atoms with Crippen LogP contribution >= 0.6 is 0 Å². The van der Waals surface area contributed by atoms with Crippen LogP contribution in [0.25, 0.3) is 77.1 Å². The van der Waals surface area contributed by atoms with Crippen LogP contribution in [-0.4, -0.2) is 4.57 Å². The van der Waals surface area contributed by atoms with Crippen molar-refractivity contribution >= 4 is 71.4 Å². The zero-order valence-corrected chi connectivity index (χ0v) is 20.4. The molecule has 0 spiro atoms. The molecule has 174 valence electrons. The summed E-state index contributed by atoms with van der Waals surface area (Å²) >= 11 is 0.